The quantitative estimate of drug-likeness (QED) is 0.615. The van der Waals surface area contributed by atoms with Crippen molar-refractivity contribution in [3.05, 3.63) is 53.4 Å². The molecule has 1 aromatic heterocycles. The number of hydrogen-bond donors (Lipinski definition) is 0. The predicted octanol–water partition coefficient (Wildman–Crippen LogP) is 3.97. The van der Waals surface area contributed by atoms with Crippen LogP contribution in [0.1, 0.15) is 29.9 Å². The number of aryl methyl sites for hydroxylation is 2. The van der Waals surface area contributed by atoms with Crippen LogP contribution < -0.4 is 14.4 Å². The van der Waals surface area contributed by atoms with E-state index < -0.39 is 0 Å². The van der Waals surface area contributed by atoms with Crippen molar-refractivity contribution < 1.29 is 18.8 Å². The van der Waals surface area contributed by atoms with Crippen molar-refractivity contribution in [3.8, 4) is 22.9 Å². The minimum Gasteiger partial charge on any atom is -0.497 e. The van der Waals surface area contributed by atoms with Gasteiger partial charge in [0.25, 0.3) is 0 Å². The molecule has 30 heavy (non-hydrogen) atoms. The number of carbonyl (C=O) groups excluding carboxylic acids is 1. The van der Waals surface area contributed by atoms with E-state index in [1.54, 1.807) is 14.2 Å². The molecule has 2 heterocycles. The molecule has 7 heteroatoms. The van der Waals surface area contributed by atoms with Gasteiger partial charge in [-0.05, 0) is 61.2 Å². The number of anilines is 1. The van der Waals surface area contributed by atoms with Gasteiger partial charge in [-0.3, -0.25) is 4.79 Å². The van der Waals surface area contributed by atoms with Gasteiger partial charge in [-0.2, -0.15) is 4.98 Å². The average Bonchev–Trinajstić information content (AvgIpc) is 3.27. The Morgan fingerprint density at radius 3 is 2.67 bits per heavy atom. The smallest absolute Gasteiger partial charge is 0.227 e. The molecule has 4 rings (SSSR count). The van der Waals surface area contributed by atoms with Crippen LogP contribution >= 0.6 is 0 Å². The number of aromatic nitrogens is 2. The van der Waals surface area contributed by atoms with E-state index >= 15 is 0 Å². The standard InChI is InChI=1S/C23H25N3O4/c1-15-6-11-19(29-3)22-18(15)5-4-14-26(22)21(27)13-12-20-24-23(25-30-20)16-7-9-17(28-2)10-8-16/h6-11H,4-5,12-14H2,1-3H3. The maximum absolute atomic E-state index is 13.0. The van der Waals surface area contributed by atoms with E-state index in [9.17, 15) is 4.79 Å². The van der Waals surface area contributed by atoms with Gasteiger partial charge in [0.05, 0.1) is 19.9 Å². The lowest BCUT2D eigenvalue weighted by atomic mass is 9.96. The van der Waals surface area contributed by atoms with Crippen LogP contribution in [0.25, 0.3) is 11.4 Å². The monoisotopic (exact) mass is 407 g/mol. The highest BCUT2D eigenvalue weighted by atomic mass is 16.5. The number of hydrogen-bond acceptors (Lipinski definition) is 6. The molecule has 0 N–H and O–H groups in total. The number of ether oxygens (including phenoxy) is 2. The van der Waals surface area contributed by atoms with Gasteiger partial charge >= 0.3 is 0 Å². The fourth-order valence-corrected chi connectivity index (χ4v) is 3.83. The fraction of sp³-hybridized carbons (Fsp3) is 0.348. The minimum atomic E-state index is 0.0315. The first kappa shape index (κ1) is 19.9. The molecule has 0 fully saturated rings. The lowest BCUT2D eigenvalue weighted by Crippen LogP contribution is -2.36. The van der Waals surface area contributed by atoms with Crippen LogP contribution in [-0.2, 0) is 17.6 Å². The molecule has 0 saturated carbocycles. The minimum absolute atomic E-state index is 0.0315. The van der Waals surface area contributed by atoms with Crippen molar-refractivity contribution in [1.82, 2.24) is 10.1 Å². The Bertz CT molecular complexity index is 1040. The van der Waals surface area contributed by atoms with Crippen molar-refractivity contribution >= 4 is 11.6 Å². The predicted molar refractivity (Wildman–Crippen MR) is 113 cm³/mol. The third-order valence-electron chi connectivity index (χ3n) is 5.45. The van der Waals surface area contributed by atoms with Crippen LogP contribution in [0.2, 0.25) is 0 Å². The molecule has 0 saturated heterocycles. The summed E-state index contributed by atoms with van der Waals surface area (Å²) in [5.41, 5.74) is 4.11. The fourth-order valence-electron chi connectivity index (χ4n) is 3.83. The Hall–Kier alpha value is -3.35. The molecule has 1 aliphatic heterocycles. The first-order valence-corrected chi connectivity index (χ1v) is 10.0. The average molecular weight is 407 g/mol. The lowest BCUT2D eigenvalue weighted by molar-refractivity contribution is -0.118. The zero-order valence-corrected chi connectivity index (χ0v) is 17.5. The second-order valence-corrected chi connectivity index (χ2v) is 7.30. The van der Waals surface area contributed by atoms with E-state index in [0.717, 1.165) is 35.6 Å². The maximum Gasteiger partial charge on any atom is 0.227 e. The number of rotatable bonds is 6. The van der Waals surface area contributed by atoms with E-state index in [4.69, 9.17) is 14.0 Å². The third-order valence-corrected chi connectivity index (χ3v) is 5.45. The summed E-state index contributed by atoms with van der Waals surface area (Å²) in [5.74, 6) is 2.48. The molecule has 156 valence electrons. The number of methoxy groups -OCH3 is 2. The summed E-state index contributed by atoms with van der Waals surface area (Å²) in [6.45, 7) is 2.76. The van der Waals surface area contributed by atoms with Gasteiger partial charge in [0.2, 0.25) is 17.6 Å². The van der Waals surface area contributed by atoms with Crippen LogP contribution in [-0.4, -0.2) is 36.8 Å². The third kappa shape index (κ3) is 3.87. The summed E-state index contributed by atoms with van der Waals surface area (Å²) in [6.07, 6.45) is 2.58. The van der Waals surface area contributed by atoms with Crippen molar-refractivity contribution in [3.63, 3.8) is 0 Å². The molecule has 7 nitrogen and oxygen atoms in total. The number of benzene rings is 2. The molecule has 0 unspecified atom stereocenters. The summed E-state index contributed by atoms with van der Waals surface area (Å²) in [4.78, 5) is 19.3. The second-order valence-electron chi connectivity index (χ2n) is 7.30. The van der Waals surface area contributed by atoms with Gasteiger partial charge in [-0.25, -0.2) is 0 Å². The summed E-state index contributed by atoms with van der Waals surface area (Å²) in [7, 11) is 3.26. The van der Waals surface area contributed by atoms with E-state index in [2.05, 4.69) is 17.1 Å². The second kappa shape index (κ2) is 8.57. The van der Waals surface area contributed by atoms with E-state index in [-0.39, 0.29) is 5.91 Å². The Labute approximate surface area is 175 Å². The van der Waals surface area contributed by atoms with Gasteiger partial charge in [0.1, 0.15) is 11.5 Å². The van der Waals surface area contributed by atoms with Gasteiger partial charge in [0.15, 0.2) is 0 Å². The largest absolute Gasteiger partial charge is 0.497 e. The van der Waals surface area contributed by atoms with Crippen LogP contribution in [0.3, 0.4) is 0 Å². The van der Waals surface area contributed by atoms with Gasteiger partial charge < -0.3 is 18.9 Å². The summed E-state index contributed by atoms with van der Waals surface area (Å²) in [5, 5.41) is 4.04. The van der Waals surface area contributed by atoms with E-state index in [1.807, 2.05) is 41.3 Å². The van der Waals surface area contributed by atoms with E-state index in [0.29, 0.717) is 31.1 Å². The zero-order valence-electron chi connectivity index (χ0n) is 17.5. The van der Waals surface area contributed by atoms with Gasteiger partial charge in [-0.15, -0.1) is 0 Å². The van der Waals surface area contributed by atoms with Crippen LogP contribution in [0.5, 0.6) is 11.5 Å². The highest BCUT2D eigenvalue weighted by molar-refractivity contribution is 5.96. The van der Waals surface area contributed by atoms with Crippen molar-refractivity contribution in [2.24, 2.45) is 0 Å². The van der Waals surface area contributed by atoms with Crippen LogP contribution in [0.4, 0.5) is 5.69 Å². The van der Waals surface area contributed by atoms with Crippen LogP contribution in [0, 0.1) is 6.92 Å². The van der Waals surface area contributed by atoms with Crippen molar-refractivity contribution in [1.29, 1.82) is 0 Å². The molecule has 0 aliphatic carbocycles. The molecule has 2 aromatic carbocycles. The first-order valence-electron chi connectivity index (χ1n) is 10.0. The van der Waals surface area contributed by atoms with Gasteiger partial charge in [-0.1, -0.05) is 11.2 Å². The SMILES string of the molecule is COc1ccc(-c2noc(CCC(=O)N3CCCc4c(C)ccc(OC)c43)n2)cc1. The molecule has 0 atom stereocenters. The topological polar surface area (TPSA) is 77.7 Å². The highest BCUT2D eigenvalue weighted by Crippen LogP contribution is 2.38. The molecule has 0 bridgehead atoms. The number of carbonyl (C=O) groups is 1. The molecule has 0 spiro atoms. The molecular weight excluding hydrogens is 382 g/mol. The van der Waals surface area contributed by atoms with Crippen molar-refractivity contribution in [2.75, 3.05) is 25.7 Å². The maximum atomic E-state index is 13.0. The molecule has 3 aromatic rings. The molecule has 1 aliphatic rings. The van der Waals surface area contributed by atoms with Crippen LogP contribution in [0.15, 0.2) is 40.9 Å². The van der Waals surface area contributed by atoms with Gasteiger partial charge in [0, 0.05) is 24.9 Å². The number of nitrogens with zero attached hydrogens (tertiary/aromatic N) is 3. The summed E-state index contributed by atoms with van der Waals surface area (Å²) < 4.78 is 16.1. The molecular formula is C23H25N3O4. The zero-order chi connectivity index (χ0) is 21.1. The first-order chi connectivity index (χ1) is 14.6. The Morgan fingerprint density at radius 1 is 1.13 bits per heavy atom. The summed E-state index contributed by atoms with van der Waals surface area (Å²) >= 11 is 0. The summed E-state index contributed by atoms with van der Waals surface area (Å²) in [6, 6.07) is 11.4. The van der Waals surface area contributed by atoms with Crippen molar-refractivity contribution in [2.45, 2.75) is 32.6 Å². The number of amides is 1. The molecule has 1 amide bonds. The Balaban J connectivity index is 1.46. The lowest BCUT2D eigenvalue weighted by Gasteiger charge is -2.32. The normalized spacial score (nSPS) is 13.1. The Kier molecular flexibility index (Phi) is 5.70. The highest BCUT2D eigenvalue weighted by Gasteiger charge is 2.27. The Morgan fingerprint density at radius 2 is 1.93 bits per heavy atom. The van der Waals surface area contributed by atoms with E-state index in [1.165, 1.54) is 11.1 Å². The molecule has 0 radical (unpaired) electrons. The number of fused-ring (bicyclic) bond motifs is 1.